The van der Waals surface area contributed by atoms with Crippen molar-refractivity contribution in [3.05, 3.63) is 71.8 Å². The van der Waals surface area contributed by atoms with Crippen LogP contribution in [-0.2, 0) is 36.8 Å². The number of ether oxygens (including phenoxy) is 2. The lowest BCUT2D eigenvalue weighted by molar-refractivity contribution is -0.199. The largest absolute Gasteiger partial charge is 0.481 e. The molecule has 3 saturated heterocycles. The second-order valence-electron chi connectivity index (χ2n) is 14.7. The van der Waals surface area contributed by atoms with Gasteiger partial charge in [-0.1, -0.05) is 74.5 Å². The number of benzene rings is 2. The van der Waals surface area contributed by atoms with Crippen LogP contribution in [0.4, 0.5) is 9.59 Å². The first-order chi connectivity index (χ1) is 22.6. The first-order valence-corrected chi connectivity index (χ1v) is 17.2. The molecule has 11 heteroatoms. The molecule has 2 unspecified atom stereocenters. The highest BCUT2D eigenvalue weighted by atomic mass is 16.7. The van der Waals surface area contributed by atoms with Gasteiger partial charge in [-0.05, 0) is 67.4 Å². The van der Waals surface area contributed by atoms with E-state index in [9.17, 15) is 14.4 Å². The molecule has 10 nitrogen and oxygen atoms in total. The van der Waals surface area contributed by atoms with Crippen LogP contribution in [-0.4, -0.2) is 89.8 Å². The maximum atomic E-state index is 14.1. The van der Waals surface area contributed by atoms with Crippen molar-refractivity contribution in [1.82, 2.24) is 14.7 Å². The normalized spacial score (nSPS) is 30.4. The average Bonchev–Trinajstić information content (AvgIpc) is 3.84. The third-order valence-electron chi connectivity index (χ3n) is 11.7. The van der Waals surface area contributed by atoms with Crippen molar-refractivity contribution in [1.29, 1.82) is 0 Å². The SMILES string of the molecule is CC1(C)[C@@H]2C[C@H]1[C@]1(C)OB(C3CCCN3C(=O)CN(C(=O)OCc3ccccc3)C3CCN(C(=O)OCc4ccccc4)C3)O[C@@H]1C2. The number of carbonyl (C=O) groups excluding carboxylic acids is 3. The van der Waals surface area contributed by atoms with Crippen molar-refractivity contribution in [2.45, 2.75) is 89.8 Å². The Morgan fingerprint density at radius 2 is 1.60 bits per heavy atom. The fourth-order valence-corrected chi connectivity index (χ4v) is 8.80. The molecule has 250 valence electrons. The quantitative estimate of drug-likeness (QED) is 0.361. The van der Waals surface area contributed by atoms with Gasteiger partial charge < -0.3 is 28.6 Å². The molecule has 0 N–H and O–H groups in total. The molecule has 6 fully saturated rings. The molecule has 0 radical (unpaired) electrons. The van der Waals surface area contributed by atoms with E-state index in [0.717, 1.165) is 30.4 Å². The predicted octanol–water partition coefficient (Wildman–Crippen LogP) is 5.29. The van der Waals surface area contributed by atoms with Gasteiger partial charge in [-0.25, -0.2) is 9.59 Å². The monoisotopic (exact) mass is 643 g/mol. The molecule has 47 heavy (non-hydrogen) atoms. The van der Waals surface area contributed by atoms with E-state index in [1.54, 1.807) is 4.90 Å². The van der Waals surface area contributed by atoms with Crippen LogP contribution in [0.25, 0.3) is 0 Å². The first-order valence-electron chi connectivity index (χ1n) is 17.2. The van der Waals surface area contributed by atoms with Gasteiger partial charge in [0.1, 0.15) is 19.8 Å². The zero-order valence-corrected chi connectivity index (χ0v) is 27.7. The van der Waals surface area contributed by atoms with Gasteiger partial charge in [-0.2, -0.15) is 0 Å². The summed E-state index contributed by atoms with van der Waals surface area (Å²) in [4.78, 5) is 45.6. The lowest BCUT2D eigenvalue weighted by Gasteiger charge is -2.64. The van der Waals surface area contributed by atoms with Crippen molar-refractivity contribution < 1.29 is 33.2 Å². The van der Waals surface area contributed by atoms with E-state index in [2.05, 4.69) is 20.8 Å². The second kappa shape index (κ2) is 12.8. The molecule has 2 aromatic rings. The number of hydrogen-bond donors (Lipinski definition) is 0. The summed E-state index contributed by atoms with van der Waals surface area (Å²) in [5.41, 5.74) is 1.64. The molecule has 6 atom stereocenters. The zero-order valence-electron chi connectivity index (χ0n) is 27.7. The summed E-state index contributed by atoms with van der Waals surface area (Å²) < 4.78 is 24.6. The number of likely N-dealkylation sites (tertiary alicyclic amines) is 2. The highest BCUT2D eigenvalue weighted by molar-refractivity contribution is 6.48. The lowest BCUT2D eigenvalue weighted by Crippen LogP contribution is -2.65. The van der Waals surface area contributed by atoms with Crippen molar-refractivity contribution in [2.75, 3.05) is 26.2 Å². The number of carbonyl (C=O) groups is 3. The highest BCUT2D eigenvalue weighted by Crippen LogP contribution is 2.66. The van der Waals surface area contributed by atoms with Crippen molar-refractivity contribution in [2.24, 2.45) is 17.3 Å². The summed E-state index contributed by atoms with van der Waals surface area (Å²) in [6, 6.07) is 18.6. The summed E-state index contributed by atoms with van der Waals surface area (Å²) in [5.74, 6) is 0.715. The summed E-state index contributed by atoms with van der Waals surface area (Å²) in [5, 5.41) is 0. The number of amides is 3. The fourth-order valence-electron chi connectivity index (χ4n) is 8.80. The number of nitrogens with zero attached hydrogens (tertiary/aromatic N) is 3. The fraction of sp³-hybridized carbons (Fsp3) is 0.583. The third kappa shape index (κ3) is 6.12. The summed E-state index contributed by atoms with van der Waals surface area (Å²) in [6.07, 6.45) is 3.35. The van der Waals surface area contributed by atoms with E-state index < -0.39 is 19.3 Å². The van der Waals surface area contributed by atoms with Gasteiger partial charge in [-0.15, -0.1) is 0 Å². The van der Waals surface area contributed by atoms with Crippen LogP contribution in [0.3, 0.4) is 0 Å². The van der Waals surface area contributed by atoms with Gasteiger partial charge in [0.05, 0.1) is 23.7 Å². The zero-order chi connectivity index (χ0) is 32.8. The van der Waals surface area contributed by atoms with Gasteiger partial charge >= 0.3 is 19.3 Å². The van der Waals surface area contributed by atoms with Crippen LogP contribution in [0.15, 0.2) is 60.7 Å². The lowest BCUT2D eigenvalue weighted by atomic mass is 9.43. The Labute approximate surface area is 277 Å². The Morgan fingerprint density at radius 3 is 2.28 bits per heavy atom. The Balaban J connectivity index is 1.02. The Bertz CT molecular complexity index is 1460. The second-order valence-corrected chi connectivity index (χ2v) is 14.7. The van der Waals surface area contributed by atoms with Gasteiger partial charge in [-0.3, -0.25) is 9.69 Å². The Kier molecular flexibility index (Phi) is 8.72. The maximum absolute atomic E-state index is 14.1. The minimum atomic E-state index is -0.573. The van der Waals surface area contributed by atoms with Crippen LogP contribution < -0.4 is 0 Å². The predicted molar refractivity (Wildman–Crippen MR) is 175 cm³/mol. The van der Waals surface area contributed by atoms with E-state index in [0.29, 0.717) is 31.3 Å². The summed E-state index contributed by atoms with van der Waals surface area (Å²) in [6.45, 7) is 8.26. The van der Waals surface area contributed by atoms with Crippen LogP contribution >= 0.6 is 0 Å². The maximum Gasteiger partial charge on any atom is 0.481 e. The number of rotatable bonds is 8. The van der Waals surface area contributed by atoms with Crippen molar-refractivity contribution >= 4 is 25.2 Å². The summed E-state index contributed by atoms with van der Waals surface area (Å²) in [7, 11) is -0.480. The smallest absolute Gasteiger partial charge is 0.445 e. The molecule has 3 heterocycles. The molecule has 0 aromatic heterocycles. The Hall–Kier alpha value is -3.57. The van der Waals surface area contributed by atoms with Gasteiger partial charge in [0.25, 0.3) is 0 Å². The molecule has 6 aliphatic rings. The summed E-state index contributed by atoms with van der Waals surface area (Å²) >= 11 is 0. The Morgan fingerprint density at radius 1 is 0.915 bits per heavy atom. The molecule has 2 bridgehead atoms. The molecule has 3 aliphatic heterocycles. The van der Waals surface area contributed by atoms with Crippen LogP contribution in [0, 0.1) is 17.3 Å². The van der Waals surface area contributed by atoms with Gasteiger partial charge in [0.2, 0.25) is 5.91 Å². The van der Waals surface area contributed by atoms with Gasteiger partial charge in [0, 0.05) is 19.6 Å². The molecular weight excluding hydrogens is 597 g/mol. The minimum Gasteiger partial charge on any atom is -0.445 e. The molecule has 8 rings (SSSR count). The average molecular weight is 644 g/mol. The van der Waals surface area contributed by atoms with Crippen LogP contribution in [0.1, 0.15) is 64.0 Å². The van der Waals surface area contributed by atoms with E-state index in [-0.39, 0.29) is 61.3 Å². The molecule has 0 spiro atoms. The third-order valence-corrected chi connectivity index (χ3v) is 11.7. The van der Waals surface area contributed by atoms with Crippen LogP contribution in [0.2, 0.25) is 0 Å². The van der Waals surface area contributed by atoms with Crippen molar-refractivity contribution in [3.8, 4) is 0 Å². The molecule has 2 aromatic carbocycles. The molecule has 3 amide bonds. The van der Waals surface area contributed by atoms with E-state index in [1.807, 2.05) is 65.6 Å². The minimum absolute atomic E-state index is 0.0393. The highest BCUT2D eigenvalue weighted by Gasteiger charge is 2.69. The van der Waals surface area contributed by atoms with E-state index in [1.165, 1.54) is 11.3 Å². The van der Waals surface area contributed by atoms with Crippen molar-refractivity contribution in [3.63, 3.8) is 0 Å². The molecule has 3 aliphatic carbocycles. The van der Waals surface area contributed by atoms with Crippen LogP contribution in [0.5, 0.6) is 0 Å². The standard InChI is InChI=1S/C36H46BN3O7/c1-35(2)27-19-29(35)36(3)30(20-27)46-37(47-36)31-15-10-17-39(31)32(41)22-40(34(43)45-24-26-13-8-5-9-14-26)28-16-18-38(21-28)33(42)44-23-25-11-6-4-7-12-25/h4-9,11-14,27-31H,10,15-24H2,1-3H3/t27-,28?,29-,30-,31?,36+/m1/s1. The van der Waals surface area contributed by atoms with E-state index in [4.69, 9.17) is 18.8 Å². The molecular formula is C36H46BN3O7. The topological polar surface area (TPSA) is 97.9 Å². The molecule has 3 saturated carbocycles. The number of hydrogen-bond acceptors (Lipinski definition) is 7. The first kappa shape index (κ1) is 32.0. The van der Waals surface area contributed by atoms with E-state index >= 15 is 0 Å². The van der Waals surface area contributed by atoms with Gasteiger partial charge in [0.15, 0.2) is 0 Å².